The molecule has 0 aliphatic heterocycles. The summed E-state index contributed by atoms with van der Waals surface area (Å²) in [4.78, 5) is 0. The minimum Gasteiger partial charge on any atom is -0.313 e. The fourth-order valence-electron chi connectivity index (χ4n) is 4.64. The highest BCUT2D eigenvalue weighted by atomic mass is 19.4. The standard InChI is InChI=1S/C15H26F6N4/c16-14(17,18)13(15(19,20)21,9-1-5-11(22,23)6-2-9)10-3-7-12(24,25)8-4-10/h9-10H,1-8,22-25H2. The molecule has 0 amide bonds. The van der Waals surface area contributed by atoms with Crippen LogP contribution in [0.3, 0.4) is 0 Å². The molecule has 8 N–H and O–H groups in total. The lowest BCUT2D eigenvalue weighted by Crippen LogP contribution is -2.64. The molecule has 0 aromatic rings. The summed E-state index contributed by atoms with van der Waals surface area (Å²) in [7, 11) is 0. The van der Waals surface area contributed by atoms with Crippen LogP contribution in [-0.4, -0.2) is 23.7 Å². The van der Waals surface area contributed by atoms with Crippen molar-refractivity contribution in [3.63, 3.8) is 0 Å². The number of hydrogen-bond acceptors (Lipinski definition) is 4. The maximum absolute atomic E-state index is 14.0. The summed E-state index contributed by atoms with van der Waals surface area (Å²) >= 11 is 0. The normalized spacial score (nSPS) is 26.6. The minimum atomic E-state index is -5.42. The maximum Gasteiger partial charge on any atom is 0.403 e. The van der Waals surface area contributed by atoms with E-state index in [4.69, 9.17) is 22.9 Å². The molecule has 0 spiro atoms. The van der Waals surface area contributed by atoms with E-state index in [0.29, 0.717) is 0 Å². The Labute approximate surface area is 142 Å². The molecule has 0 atom stereocenters. The number of rotatable bonds is 2. The maximum atomic E-state index is 14.0. The van der Waals surface area contributed by atoms with E-state index in [1.807, 2.05) is 0 Å². The molecule has 10 heteroatoms. The van der Waals surface area contributed by atoms with Crippen molar-refractivity contribution >= 4 is 0 Å². The van der Waals surface area contributed by atoms with Gasteiger partial charge < -0.3 is 22.9 Å². The zero-order valence-electron chi connectivity index (χ0n) is 13.9. The topological polar surface area (TPSA) is 104 Å². The Balaban J connectivity index is 2.44. The molecular weight excluding hydrogens is 350 g/mol. The fraction of sp³-hybridized carbons (Fsp3) is 1.00. The van der Waals surface area contributed by atoms with Crippen molar-refractivity contribution in [2.45, 2.75) is 75.0 Å². The zero-order valence-corrected chi connectivity index (χ0v) is 13.9. The van der Waals surface area contributed by atoms with Gasteiger partial charge in [0.25, 0.3) is 0 Å². The van der Waals surface area contributed by atoms with E-state index in [0.717, 1.165) is 0 Å². The molecule has 148 valence electrons. The molecular formula is C15H26F6N4. The second-order valence-corrected chi connectivity index (χ2v) is 7.88. The molecule has 0 saturated heterocycles. The first kappa shape index (κ1) is 20.7. The average molecular weight is 376 g/mol. The second kappa shape index (κ2) is 6.24. The quantitative estimate of drug-likeness (QED) is 0.439. The van der Waals surface area contributed by atoms with Crippen molar-refractivity contribution in [1.29, 1.82) is 0 Å². The highest BCUT2D eigenvalue weighted by Gasteiger charge is 2.76. The van der Waals surface area contributed by atoms with Crippen molar-refractivity contribution in [2.24, 2.45) is 40.2 Å². The van der Waals surface area contributed by atoms with Gasteiger partial charge in [-0.25, -0.2) is 0 Å². The number of halogens is 6. The lowest BCUT2D eigenvalue weighted by Gasteiger charge is -2.52. The third-order valence-corrected chi connectivity index (χ3v) is 6.06. The van der Waals surface area contributed by atoms with Gasteiger partial charge >= 0.3 is 12.4 Å². The van der Waals surface area contributed by atoms with Crippen molar-refractivity contribution in [3.8, 4) is 0 Å². The SMILES string of the molecule is NC1(N)CCC(C(C2CCC(N)(N)CC2)(C(F)(F)F)C(F)(F)F)CC1. The highest BCUT2D eigenvalue weighted by Crippen LogP contribution is 2.65. The summed E-state index contributed by atoms with van der Waals surface area (Å²) in [6.07, 6.45) is -12.4. The van der Waals surface area contributed by atoms with Gasteiger partial charge in [-0.2, -0.15) is 26.3 Å². The number of nitrogens with two attached hydrogens (primary N) is 4. The Morgan fingerprint density at radius 1 is 0.560 bits per heavy atom. The van der Waals surface area contributed by atoms with E-state index in [2.05, 4.69) is 0 Å². The van der Waals surface area contributed by atoms with Gasteiger partial charge in [0, 0.05) is 0 Å². The van der Waals surface area contributed by atoms with Crippen molar-refractivity contribution in [2.75, 3.05) is 0 Å². The fourth-order valence-corrected chi connectivity index (χ4v) is 4.64. The molecule has 0 radical (unpaired) electrons. The molecule has 0 aromatic carbocycles. The van der Waals surface area contributed by atoms with E-state index in [1.165, 1.54) is 0 Å². The number of alkyl halides is 6. The summed E-state index contributed by atoms with van der Waals surface area (Å²) in [6.45, 7) is 0. The Hall–Kier alpha value is -0.580. The first-order valence-electron chi connectivity index (χ1n) is 8.41. The molecule has 2 fully saturated rings. The average Bonchev–Trinajstić information content (AvgIpc) is 2.39. The van der Waals surface area contributed by atoms with Crippen LogP contribution < -0.4 is 22.9 Å². The smallest absolute Gasteiger partial charge is 0.313 e. The van der Waals surface area contributed by atoms with Crippen LogP contribution in [0.4, 0.5) is 26.3 Å². The number of hydrogen-bond donors (Lipinski definition) is 4. The van der Waals surface area contributed by atoms with E-state index in [1.54, 1.807) is 0 Å². The van der Waals surface area contributed by atoms with Gasteiger partial charge in [-0.1, -0.05) is 0 Å². The molecule has 4 nitrogen and oxygen atoms in total. The first-order chi connectivity index (χ1) is 11.1. The molecule has 0 unspecified atom stereocenters. The first-order valence-corrected chi connectivity index (χ1v) is 8.41. The van der Waals surface area contributed by atoms with Crippen LogP contribution in [0.15, 0.2) is 0 Å². The lowest BCUT2D eigenvalue weighted by molar-refractivity contribution is -0.382. The van der Waals surface area contributed by atoms with E-state index in [-0.39, 0.29) is 51.4 Å². The Bertz CT molecular complexity index is 421. The van der Waals surface area contributed by atoms with E-state index in [9.17, 15) is 26.3 Å². The third-order valence-electron chi connectivity index (χ3n) is 6.06. The summed E-state index contributed by atoms with van der Waals surface area (Å²) < 4.78 is 83.9. The summed E-state index contributed by atoms with van der Waals surface area (Å²) in [6, 6.07) is 0. The Kier molecular flexibility index (Phi) is 5.18. The van der Waals surface area contributed by atoms with Crippen LogP contribution in [0.1, 0.15) is 51.4 Å². The van der Waals surface area contributed by atoms with Gasteiger partial charge in [0.05, 0.1) is 11.3 Å². The van der Waals surface area contributed by atoms with E-state index >= 15 is 0 Å². The van der Waals surface area contributed by atoms with Gasteiger partial charge in [0.1, 0.15) is 0 Å². The lowest BCUT2D eigenvalue weighted by atomic mass is 9.56. The van der Waals surface area contributed by atoms with Gasteiger partial charge in [0.15, 0.2) is 5.41 Å². The van der Waals surface area contributed by atoms with Gasteiger partial charge in [-0.15, -0.1) is 0 Å². The van der Waals surface area contributed by atoms with Crippen molar-refractivity contribution < 1.29 is 26.3 Å². The van der Waals surface area contributed by atoms with E-state index < -0.39 is 40.9 Å². The van der Waals surface area contributed by atoms with Gasteiger partial charge in [-0.05, 0) is 63.2 Å². The summed E-state index contributed by atoms with van der Waals surface area (Å²) in [5.41, 5.74) is 16.6. The third kappa shape index (κ3) is 3.77. The van der Waals surface area contributed by atoms with Crippen LogP contribution in [-0.2, 0) is 0 Å². The predicted molar refractivity (Wildman–Crippen MR) is 80.7 cm³/mol. The predicted octanol–water partition coefficient (Wildman–Crippen LogP) is 2.71. The van der Waals surface area contributed by atoms with Crippen LogP contribution in [0.25, 0.3) is 0 Å². The van der Waals surface area contributed by atoms with Crippen LogP contribution in [0.5, 0.6) is 0 Å². The monoisotopic (exact) mass is 376 g/mol. The van der Waals surface area contributed by atoms with Crippen LogP contribution in [0.2, 0.25) is 0 Å². The summed E-state index contributed by atoms with van der Waals surface area (Å²) in [5, 5.41) is 0. The largest absolute Gasteiger partial charge is 0.403 e. The van der Waals surface area contributed by atoms with Gasteiger partial charge in [0.2, 0.25) is 0 Å². The Morgan fingerprint density at radius 2 is 0.800 bits per heavy atom. The second-order valence-electron chi connectivity index (χ2n) is 7.88. The minimum absolute atomic E-state index is 0.0734. The zero-order chi connectivity index (χ0) is 19.3. The van der Waals surface area contributed by atoms with Crippen molar-refractivity contribution in [1.82, 2.24) is 0 Å². The highest BCUT2D eigenvalue weighted by molar-refractivity contribution is 5.07. The molecule has 2 aliphatic rings. The van der Waals surface area contributed by atoms with Crippen LogP contribution >= 0.6 is 0 Å². The van der Waals surface area contributed by atoms with Crippen molar-refractivity contribution in [3.05, 3.63) is 0 Å². The van der Waals surface area contributed by atoms with Crippen LogP contribution in [0, 0.1) is 17.3 Å². The molecule has 0 aromatic heterocycles. The molecule has 0 bridgehead atoms. The van der Waals surface area contributed by atoms with Gasteiger partial charge in [-0.3, -0.25) is 0 Å². The molecule has 2 saturated carbocycles. The summed E-state index contributed by atoms with van der Waals surface area (Å²) in [5.74, 6) is -3.19. The molecule has 2 aliphatic carbocycles. The Morgan fingerprint density at radius 3 is 1.00 bits per heavy atom. The molecule has 0 heterocycles. The molecule has 2 rings (SSSR count). The molecule has 25 heavy (non-hydrogen) atoms.